The number of nitrogens with zero attached hydrogens (tertiary/aromatic N) is 1. The number of nitrogens with one attached hydrogen (secondary N) is 1. The van der Waals surface area contributed by atoms with Crippen molar-refractivity contribution < 1.29 is 0 Å². The van der Waals surface area contributed by atoms with Gasteiger partial charge in [0.05, 0.1) is 10.7 Å². The lowest BCUT2D eigenvalue weighted by Crippen LogP contribution is -2.11. The summed E-state index contributed by atoms with van der Waals surface area (Å²) in [6, 6.07) is 6.05. The maximum Gasteiger partial charge on any atom is 0.101 e. The van der Waals surface area contributed by atoms with Crippen LogP contribution in [0.3, 0.4) is 0 Å². The number of benzene rings is 1. The first-order chi connectivity index (χ1) is 7.75. The molecule has 2 nitrogen and oxygen atoms in total. The summed E-state index contributed by atoms with van der Waals surface area (Å²) >= 11 is 6.17. The van der Waals surface area contributed by atoms with Crippen LogP contribution in [0, 0.1) is 6.92 Å². The van der Waals surface area contributed by atoms with Gasteiger partial charge < -0.3 is 5.32 Å². The summed E-state index contributed by atoms with van der Waals surface area (Å²) in [5.41, 5.74) is 2.14. The number of rotatable bonds is 1. The van der Waals surface area contributed by atoms with Crippen LogP contribution in [0.25, 0.3) is 0 Å². The molecule has 0 saturated carbocycles. The third-order valence-electron chi connectivity index (χ3n) is 2.78. The highest BCUT2D eigenvalue weighted by atomic mass is 35.5. The smallest absolute Gasteiger partial charge is 0.101 e. The Balaban J connectivity index is 2.10. The standard InChI is InChI=1S/C13H17ClN2/c1-10-6-7-12(11(14)9-10)16-13-5-3-2-4-8-15-13/h6-7,9H,2-5,8H2,1H3,(H,15,16). The van der Waals surface area contributed by atoms with Crippen molar-refractivity contribution in [1.82, 2.24) is 0 Å². The zero-order valence-corrected chi connectivity index (χ0v) is 10.3. The number of halogens is 1. The lowest BCUT2D eigenvalue weighted by atomic mass is 10.2. The lowest BCUT2D eigenvalue weighted by Gasteiger charge is -2.10. The molecule has 86 valence electrons. The molecule has 0 radical (unpaired) electrons. The Morgan fingerprint density at radius 2 is 2.12 bits per heavy atom. The van der Waals surface area contributed by atoms with Crippen molar-refractivity contribution in [3.63, 3.8) is 0 Å². The first kappa shape index (κ1) is 11.5. The monoisotopic (exact) mass is 236 g/mol. The topological polar surface area (TPSA) is 24.4 Å². The third kappa shape index (κ3) is 2.99. The van der Waals surface area contributed by atoms with Gasteiger partial charge in [0, 0.05) is 13.0 Å². The molecule has 0 unspecified atom stereocenters. The van der Waals surface area contributed by atoms with Crippen LogP contribution in [0.2, 0.25) is 5.02 Å². The zero-order chi connectivity index (χ0) is 11.4. The number of hydrogen-bond acceptors (Lipinski definition) is 2. The second-order valence-electron chi connectivity index (χ2n) is 4.25. The van der Waals surface area contributed by atoms with Crippen LogP contribution >= 0.6 is 11.6 Å². The van der Waals surface area contributed by atoms with E-state index in [1.165, 1.54) is 24.8 Å². The molecule has 2 rings (SSSR count). The normalized spacial score (nSPS) is 16.5. The quantitative estimate of drug-likeness (QED) is 0.782. The predicted molar refractivity (Wildman–Crippen MR) is 70.6 cm³/mol. The molecular formula is C13H17ClN2. The lowest BCUT2D eigenvalue weighted by molar-refractivity contribution is 0.731. The fourth-order valence-electron chi connectivity index (χ4n) is 1.85. The van der Waals surface area contributed by atoms with Gasteiger partial charge in [0.15, 0.2) is 0 Å². The predicted octanol–water partition coefficient (Wildman–Crippen LogP) is 4.03. The van der Waals surface area contributed by atoms with E-state index < -0.39 is 0 Å². The zero-order valence-electron chi connectivity index (χ0n) is 9.59. The molecule has 1 aromatic carbocycles. The molecule has 1 aliphatic heterocycles. The average molecular weight is 237 g/mol. The van der Waals surface area contributed by atoms with Gasteiger partial charge in [0.2, 0.25) is 0 Å². The summed E-state index contributed by atoms with van der Waals surface area (Å²) < 4.78 is 0. The number of hydrogen-bond donors (Lipinski definition) is 1. The summed E-state index contributed by atoms with van der Waals surface area (Å²) in [4.78, 5) is 4.53. The molecule has 1 aliphatic rings. The van der Waals surface area contributed by atoms with Crippen molar-refractivity contribution in [3.8, 4) is 0 Å². The Labute approximate surface area is 102 Å². The molecular weight excluding hydrogens is 220 g/mol. The second kappa shape index (κ2) is 5.35. The van der Waals surface area contributed by atoms with Gasteiger partial charge in [-0.1, -0.05) is 24.1 Å². The molecule has 0 fully saturated rings. The van der Waals surface area contributed by atoms with Crippen LogP contribution in [0.1, 0.15) is 31.2 Å². The Kier molecular flexibility index (Phi) is 3.83. The summed E-state index contributed by atoms with van der Waals surface area (Å²) in [5, 5.41) is 4.10. The second-order valence-corrected chi connectivity index (χ2v) is 4.65. The number of aliphatic imine (C=N–C) groups is 1. The fourth-order valence-corrected chi connectivity index (χ4v) is 2.14. The molecule has 0 saturated heterocycles. The summed E-state index contributed by atoms with van der Waals surface area (Å²) in [6.07, 6.45) is 4.72. The minimum Gasteiger partial charge on any atom is -0.343 e. The van der Waals surface area contributed by atoms with Gasteiger partial charge in [-0.15, -0.1) is 0 Å². The van der Waals surface area contributed by atoms with Gasteiger partial charge in [-0.05, 0) is 37.5 Å². The van der Waals surface area contributed by atoms with Gasteiger partial charge in [0.25, 0.3) is 0 Å². The summed E-state index contributed by atoms with van der Waals surface area (Å²) in [6.45, 7) is 2.98. The van der Waals surface area contributed by atoms with Crippen molar-refractivity contribution in [3.05, 3.63) is 28.8 Å². The van der Waals surface area contributed by atoms with E-state index in [0.29, 0.717) is 0 Å². The third-order valence-corrected chi connectivity index (χ3v) is 3.09. The van der Waals surface area contributed by atoms with Gasteiger partial charge in [-0.25, -0.2) is 0 Å². The van der Waals surface area contributed by atoms with Crippen molar-refractivity contribution in [2.75, 3.05) is 11.9 Å². The number of anilines is 1. The first-order valence-corrected chi connectivity index (χ1v) is 6.20. The minimum absolute atomic E-state index is 0.770. The van der Waals surface area contributed by atoms with Crippen LogP contribution in [0.4, 0.5) is 5.69 Å². The molecule has 1 aromatic rings. The Morgan fingerprint density at radius 1 is 1.25 bits per heavy atom. The van der Waals surface area contributed by atoms with Crippen LogP contribution < -0.4 is 5.32 Å². The van der Waals surface area contributed by atoms with Crippen molar-refractivity contribution in [1.29, 1.82) is 0 Å². The molecule has 0 aliphatic carbocycles. The molecule has 0 spiro atoms. The van der Waals surface area contributed by atoms with Crippen LogP contribution in [0.15, 0.2) is 23.2 Å². The number of aryl methyl sites for hydroxylation is 1. The Morgan fingerprint density at radius 3 is 2.94 bits per heavy atom. The van der Waals surface area contributed by atoms with Crippen LogP contribution in [-0.4, -0.2) is 12.4 Å². The van der Waals surface area contributed by atoms with E-state index in [1.54, 1.807) is 0 Å². The highest BCUT2D eigenvalue weighted by Crippen LogP contribution is 2.23. The van der Waals surface area contributed by atoms with Gasteiger partial charge in [-0.2, -0.15) is 0 Å². The van der Waals surface area contributed by atoms with E-state index in [2.05, 4.69) is 16.4 Å². The van der Waals surface area contributed by atoms with E-state index in [0.717, 1.165) is 29.5 Å². The molecule has 0 amide bonds. The minimum atomic E-state index is 0.770. The van der Waals surface area contributed by atoms with E-state index in [4.69, 9.17) is 11.6 Å². The van der Waals surface area contributed by atoms with Crippen molar-refractivity contribution in [2.45, 2.75) is 32.6 Å². The SMILES string of the molecule is Cc1ccc(NC2=NCCCCC2)c(Cl)c1. The molecule has 1 N–H and O–H groups in total. The molecule has 0 aromatic heterocycles. The maximum atomic E-state index is 6.17. The van der Waals surface area contributed by atoms with E-state index in [-0.39, 0.29) is 0 Å². The van der Waals surface area contributed by atoms with E-state index >= 15 is 0 Å². The van der Waals surface area contributed by atoms with Crippen LogP contribution in [0.5, 0.6) is 0 Å². The summed E-state index contributed by atoms with van der Waals surface area (Å²) in [7, 11) is 0. The Bertz CT molecular complexity index is 399. The molecule has 3 heteroatoms. The molecule has 16 heavy (non-hydrogen) atoms. The fraction of sp³-hybridized carbons (Fsp3) is 0.462. The van der Waals surface area contributed by atoms with E-state index in [1.807, 2.05) is 19.1 Å². The van der Waals surface area contributed by atoms with Gasteiger partial charge in [-0.3, -0.25) is 4.99 Å². The first-order valence-electron chi connectivity index (χ1n) is 5.82. The largest absolute Gasteiger partial charge is 0.343 e. The molecule has 0 atom stereocenters. The van der Waals surface area contributed by atoms with Crippen molar-refractivity contribution in [2.24, 2.45) is 4.99 Å². The molecule has 0 bridgehead atoms. The highest BCUT2D eigenvalue weighted by molar-refractivity contribution is 6.33. The number of amidine groups is 1. The van der Waals surface area contributed by atoms with Crippen LogP contribution in [-0.2, 0) is 0 Å². The van der Waals surface area contributed by atoms with Gasteiger partial charge in [0.1, 0.15) is 5.84 Å². The maximum absolute atomic E-state index is 6.17. The molecule has 1 heterocycles. The summed E-state index contributed by atoms with van der Waals surface area (Å²) in [5.74, 6) is 1.07. The van der Waals surface area contributed by atoms with Gasteiger partial charge >= 0.3 is 0 Å². The van der Waals surface area contributed by atoms with E-state index in [9.17, 15) is 0 Å². The van der Waals surface area contributed by atoms with Crippen molar-refractivity contribution >= 4 is 23.1 Å². The Hall–Kier alpha value is -1.02. The highest BCUT2D eigenvalue weighted by Gasteiger charge is 2.06. The average Bonchev–Trinajstić information content (AvgIpc) is 2.51.